The summed E-state index contributed by atoms with van der Waals surface area (Å²) in [7, 11) is 1.61. The van der Waals surface area contributed by atoms with E-state index in [1.807, 2.05) is 12.1 Å². The summed E-state index contributed by atoms with van der Waals surface area (Å²) in [6.45, 7) is 4.22. The molecule has 6 nitrogen and oxygen atoms in total. The van der Waals surface area contributed by atoms with Crippen LogP contribution in [0.15, 0.2) is 21.7 Å². The third-order valence-electron chi connectivity index (χ3n) is 3.60. The number of hydrogen-bond donors (Lipinski definition) is 2. The Morgan fingerprint density at radius 2 is 2.36 bits per heavy atom. The van der Waals surface area contributed by atoms with Crippen molar-refractivity contribution in [1.29, 1.82) is 0 Å². The number of halogens is 1. The molecule has 0 saturated carbocycles. The average Bonchev–Trinajstić information content (AvgIpc) is 3.12. The first-order chi connectivity index (χ1) is 12.1. The SMILES string of the molecule is CCCOc1c(Br)cc(/C=N\NC(=S)NC[C@@H]2CCCO2)cc1OC. The van der Waals surface area contributed by atoms with E-state index in [1.165, 1.54) is 0 Å². The number of ether oxygens (including phenoxy) is 3. The number of thiocarbonyl (C=S) groups is 1. The van der Waals surface area contributed by atoms with Crippen molar-refractivity contribution in [3.63, 3.8) is 0 Å². The van der Waals surface area contributed by atoms with Crippen molar-refractivity contribution in [3.05, 3.63) is 22.2 Å². The summed E-state index contributed by atoms with van der Waals surface area (Å²) in [4.78, 5) is 0. The summed E-state index contributed by atoms with van der Waals surface area (Å²) >= 11 is 8.71. The molecule has 0 radical (unpaired) electrons. The molecule has 1 fully saturated rings. The van der Waals surface area contributed by atoms with Crippen LogP contribution in [0.1, 0.15) is 31.7 Å². The fourth-order valence-electron chi connectivity index (χ4n) is 2.38. The Morgan fingerprint density at radius 3 is 3.04 bits per heavy atom. The lowest BCUT2D eigenvalue weighted by Crippen LogP contribution is -2.37. The third kappa shape index (κ3) is 6.45. The van der Waals surface area contributed by atoms with E-state index in [0.717, 1.165) is 35.9 Å². The topological polar surface area (TPSA) is 64.1 Å². The first-order valence-electron chi connectivity index (χ1n) is 8.32. The number of nitrogens with zero attached hydrogens (tertiary/aromatic N) is 1. The van der Waals surface area contributed by atoms with E-state index in [-0.39, 0.29) is 6.10 Å². The van der Waals surface area contributed by atoms with Crippen LogP contribution in [0.2, 0.25) is 0 Å². The molecule has 0 unspecified atom stereocenters. The van der Waals surface area contributed by atoms with Gasteiger partial charge >= 0.3 is 0 Å². The molecule has 2 rings (SSSR count). The Hall–Kier alpha value is -1.38. The van der Waals surface area contributed by atoms with Gasteiger partial charge in [-0.25, -0.2) is 0 Å². The molecule has 0 bridgehead atoms. The molecular formula is C17H24BrN3O3S. The Morgan fingerprint density at radius 1 is 1.52 bits per heavy atom. The first-order valence-corrected chi connectivity index (χ1v) is 9.53. The Kier molecular flexibility index (Phi) is 8.43. The molecule has 0 amide bonds. The van der Waals surface area contributed by atoms with Crippen molar-refractivity contribution < 1.29 is 14.2 Å². The van der Waals surface area contributed by atoms with Gasteiger partial charge in [-0.15, -0.1) is 0 Å². The van der Waals surface area contributed by atoms with E-state index >= 15 is 0 Å². The summed E-state index contributed by atoms with van der Waals surface area (Å²) < 4.78 is 17.5. The molecule has 0 spiro atoms. The quantitative estimate of drug-likeness (QED) is 0.375. The third-order valence-corrected chi connectivity index (χ3v) is 4.42. The summed E-state index contributed by atoms with van der Waals surface area (Å²) in [5, 5.41) is 7.74. The minimum absolute atomic E-state index is 0.236. The van der Waals surface area contributed by atoms with Crippen LogP contribution in [0.25, 0.3) is 0 Å². The predicted molar refractivity (Wildman–Crippen MR) is 107 cm³/mol. The van der Waals surface area contributed by atoms with E-state index in [0.29, 0.717) is 29.8 Å². The standard InChI is InChI=1S/C17H24BrN3O3S/c1-3-6-24-16-14(18)8-12(9-15(16)22-2)10-20-21-17(25)19-11-13-5-4-7-23-13/h8-10,13H,3-7,11H2,1-2H3,(H2,19,21,25)/b20-10-/t13-/m0/s1. The minimum atomic E-state index is 0.236. The van der Waals surface area contributed by atoms with E-state index in [9.17, 15) is 0 Å². The highest BCUT2D eigenvalue weighted by atomic mass is 79.9. The van der Waals surface area contributed by atoms with Crippen molar-refractivity contribution >= 4 is 39.5 Å². The van der Waals surface area contributed by atoms with Crippen molar-refractivity contribution in [2.75, 3.05) is 26.9 Å². The molecule has 2 N–H and O–H groups in total. The molecule has 0 aromatic heterocycles. The van der Waals surface area contributed by atoms with Crippen molar-refractivity contribution in [3.8, 4) is 11.5 Å². The summed E-state index contributed by atoms with van der Waals surface area (Å²) in [6.07, 6.45) is 5.02. The second kappa shape index (κ2) is 10.6. The fourth-order valence-corrected chi connectivity index (χ4v) is 3.09. The van der Waals surface area contributed by atoms with Gasteiger partial charge in [-0.1, -0.05) is 6.92 Å². The van der Waals surface area contributed by atoms with Gasteiger partial charge in [-0.2, -0.15) is 5.10 Å². The maximum absolute atomic E-state index is 5.71. The van der Waals surface area contributed by atoms with Gasteiger partial charge in [0.05, 0.1) is 30.5 Å². The van der Waals surface area contributed by atoms with Gasteiger partial charge in [-0.05, 0) is 65.1 Å². The zero-order chi connectivity index (χ0) is 18.1. The van der Waals surface area contributed by atoms with Crippen molar-refractivity contribution in [2.45, 2.75) is 32.3 Å². The van der Waals surface area contributed by atoms with Gasteiger partial charge in [0.25, 0.3) is 0 Å². The molecule has 1 aliphatic rings. The van der Waals surface area contributed by atoms with E-state index in [2.05, 4.69) is 38.7 Å². The molecule has 1 atom stereocenters. The largest absolute Gasteiger partial charge is 0.493 e. The van der Waals surface area contributed by atoms with Crippen LogP contribution in [-0.2, 0) is 4.74 Å². The van der Waals surface area contributed by atoms with E-state index in [1.54, 1.807) is 13.3 Å². The Balaban J connectivity index is 1.88. The highest BCUT2D eigenvalue weighted by Crippen LogP contribution is 2.36. The van der Waals surface area contributed by atoms with E-state index in [4.69, 9.17) is 26.4 Å². The number of hydrogen-bond acceptors (Lipinski definition) is 5. The zero-order valence-electron chi connectivity index (χ0n) is 14.5. The Labute approximate surface area is 162 Å². The molecule has 1 aliphatic heterocycles. The lowest BCUT2D eigenvalue weighted by molar-refractivity contribution is 0.114. The minimum Gasteiger partial charge on any atom is -0.493 e. The number of nitrogens with one attached hydrogen (secondary N) is 2. The summed E-state index contributed by atoms with van der Waals surface area (Å²) in [5.41, 5.74) is 3.67. The normalized spacial score (nSPS) is 16.8. The maximum Gasteiger partial charge on any atom is 0.187 e. The van der Waals surface area contributed by atoms with Crippen LogP contribution in [0, 0.1) is 0 Å². The molecule has 1 aromatic rings. The molecule has 8 heteroatoms. The summed E-state index contributed by atoms with van der Waals surface area (Å²) in [5.74, 6) is 1.35. The van der Waals surface area contributed by atoms with Crippen molar-refractivity contribution in [2.24, 2.45) is 5.10 Å². The van der Waals surface area contributed by atoms with Gasteiger partial charge in [0.2, 0.25) is 0 Å². The predicted octanol–water partition coefficient (Wildman–Crippen LogP) is 3.22. The monoisotopic (exact) mass is 429 g/mol. The van der Waals surface area contributed by atoms with Crippen molar-refractivity contribution in [1.82, 2.24) is 10.7 Å². The first kappa shape index (κ1) is 19.9. The van der Waals surface area contributed by atoms with Gasteiger partial charge in [0, 0.05) is 13.2 Å². The van der Waals surface area contributed by atoms with Crippen LogP contribution in [0.4, 0.5) is 0 Å². The van der Waals surface area contributed by atoms with E-state index < -0.39 is 0 Å². The maximum atomic E-state index is 5.71. The molecule has 1 aromatic carbocycles. The number of rotatable bonds is 8. The second-order valence-electron chi connectivity index (χ2n) is 5.60. The van der Waals surface area contributed by atoms with Crippen LogP contribution in [0.3, 0.4) is 0 Å². The number of hydrazone groups is 1. The second-order valence-corrected chi connectivity index (χ2v) is 6.86. The Bertz CT molecular complexity index is 607. The van der Waals surface area contributed by atoms with Crippen LogP contribution in [-0.4, -0.2) is 44.3 Å². The molecule has 1 heterocycles. The van der Waals surface area contributed by atoms with Crippen LogP contribution < -0.4 is 20.2 Å². The lowest BCUT2D eigenvalue weighted by atomic mass is 10.2. The van der Waals surface area contributed by atoms with Gasteiger partial charge in [0.15, 0.2) is 16.6 Å². The lowest BCUT2D eigenvalue weighted by Gasteiger charge is -2.13. The number of benzene rings is 1. The van der Waals surface area contributed by atoms with Gasteiger partial charge in [-0.3, -0.25) is 5.43 Å². The zero-order valence-corrected chi connectivity index (χ0v) is 16.9. The highest BCUT2D eigenvalue weighted by molar-refractivity contribution is 9.10. The highest BCUT2D eigenvalue weighted by Gasteiger charge is 2.15. The molecule has 1 saturated heterocycles. The molecule has 25 heavy (non-hydrogen) atoms. The average molecular weight is 430 g/mol. The molecule has 0 aliphatic carbocycles. The molecular weight excluding hydrogens is 406 g/mol. The van der Waals surface area contributed by atoms with Crippen LogP contribution in [0.5, 0.6) is 11.5 Å². The van der Waals surface area contributed by atoms with Gasteiger partial charge in [0.1, 0.15) is 0 Å². The van der Waals surface area contributed by atoms with Crippen LogP contribution >= 0.6 is 28.1 Å². The van der Waals surface area contributed by atoms with Gasteiger partial charge < -0.3 is 19.5 Å². The number of methoxy groups -OCH3 is 1. The fraction of sp³-hybridized carbons (Fsp3) is 0.529. The summed E-state index contributed by atoms with van der Waals surface area (Å²) in [6, 6.07) is 3.78. The smallest absolute Gasteiger partial charge is 0.187 e. The molecule has 138 valence electrons.